The average Bonchev–Trinajstić information content (AvgIpc) is 2.65. The van der Waals surface area contributed by atoms with Crippen molar-refractivity contribution in [1.82, 2.24) is 15.0 Å². The summed E-state index contributed by atoms with van der Waals surface area (Å²) in [6.45, 7) is 2.05. The third kappa shape index (κ3) is 3.63. The van der Waals surface area contributed by atoms with Crippen LogP contribution in [0.25, 0.3) is 21.8 Å². The third-order valence-corrected chi connectivity index (χ3v) is 5.43. The molecule has 2 aromatic carbocycles. The first-order valence-corrected chi connectivity index (χ1v) is 9.66. The highest BCUT2D eigenvalue weighted by Crippen LogP contribution is 2.28. The summed E-state index contributed by atoms with van der Waals surface area (Å²) in [5, 5.41) is 3.04. The summed E-state index contributed by atoms with van der Waals surface area (Å²) in [7, 11) is 1.64. The zero-order valence-corrected chi connectivity index (χ0v) is 16.3. The molecule has 0 aliphatic carbocycles. The second-order valence-electron chi connectivity index (χ2n) is 6.12. The first kappa shape index (κ1) is 17.8. The van der Waals surface area contributed by atoms with Gasteiger partial charge in [0.15, 0.2) is 0 Å². The van der Waals surface area contributed by atoms with Crippen LogP contribution < -0.4 is 10.3 Å². The summed E-state index contributed by atoms with van der Waals surface area (Å²) in [5.74, 6) is 1.86. The molecule has 2 aromatic heterocycles. The van der Waals surface area contributed by atoms with Gasteiger partial charge in [-0.2, -0.15) is 0 Å². The normalized spacial score (nSPS) is 11.2. The van der Waals surface area contributed by atoms with Gasteiger partial charge in [-0.1, -0.05) is 23.4 Å². The first-order valence-electron chi connectivity index (χ1n) is 8.30. The minimum Gasteiger partial charge on any atom is -0.497 e. The number of ether oxygens (including phenoxy) is 1. The average molecular weight is 398 g/mol. The molecule has 0 aliphatic heterocycles. The summed E-state index contributed by atoms with van der Waals surface area (Å²) in [6.07, 6.45) is 0. The summed E-state index contributed by atoms with van der Waals surface area (Å²) < 4.78 is 5.29. The summed E-state index contributed by atoms with van der Waals surface area (Å²) >= 11 is 7.54. The van der Waals surface area contributed by atoms with Crippen LogP contribution in [-0.4, -0.2) is 22.1 Å². The Morgan fingerprint density at radius 3 is 2.67 bits per heavy atom. The highest BCUT2D eigenvalue weighted by atomic mass is 35.5. The number of rotatable bonds is 4. The Hall–Kier alpha value is -2.57. The Morgan fingerprint density at radius 2 is 1.85 bits per heavy atom. The third-order valence-electron chi connectivity index (χ3n) is 4.27. The van der Waals surface area contributed by atoms with Crippen LogP contribution in [0.5, 0.6) is 5.75 Å². The molecule has 5 nitrogen and oxygen atoms in total. The van der Waals surface area contributed by atoms with Gasteiger partial charge in [0.25, 0.3) is 5.56 Å². The maximum Gasteiger partial charge on any atom is 0.258 e. The van der Waals surface area contributed by atoms with Crippen molar-refractivity contribution in [3.63, 3.8) is 0 Å². The minimum atomic E-state index is -0.167. The van der Waals surface area contributed by atoms with Gasteiger partial charge < -0.3 is 9.72 Å². The van der Waals surface area contributed by atoms with Gasteiger partial charge in [0, 0.05) is 16.5 Å². The van der Waals surface area contributed by atoms with Crippen LogP contribution in [0.15, 0.2) is 52.3 Å². The van der Waals surface area contributed by atoms with Gasteiger partial charge in [-0.15, -0.1) is 0 Å². The van der Waals surface area contributed by atoms with Crippen molar-refractivity contribution in [3.8, 4) is 5.75 Å². The number of halogens is 1. The van der Waals surface area contributed by atoms with Crippen LogP contribution in [0.3, 0.4) is 0 Å². The summed E-state index contributed by atoms with van der Waals surface area (Å²) in [4.78, 5) is 24.3. The highest BCUT2D eigenvalue weighted by molar-refractivity contribution is 7.98. The maximum absolute atomic E-state index is 12.2. The number of thioether (sulfide) groups is 1. The minimum absolute atomic E-state index is 0.167. The molecule has 0 amide bonds. The predicted molar refractivity (Wildman–Crippen MR) is 110 cm³/mol. The smallest absolute Gasteiger partial charge is 0.258 e. The van der Waals surface area contributed by atoms with Gasteiger partial charge in [-0.05, 0) is 48.9 Å². The van der Waals surface area contributed by atoms with E-state index in [4.69, 9.17) is 21.3 Å². The number of aryl methyl sites for hydroxylation is 1. The van der Waals surface area contributed by atoms with Crippen molar-refractivity contribution < 1.29 is 4.74 Å². The first-order chi connectivity index (χ1) is 13.0. The molecule has 2 heterocycles. The summed E-state index contributed by atoms with van der Waals surface area (Å²) in [5.41, 5.74) is 2.44. The predicted octanol–water partition coefficient (Wildman–Crippen LogP) is 4.73. The van der Waals surface area contributed by atoms with E-state index in [0.717, 1.165) is 27.2 Å². The fourth-order valence-corrected chi connectivity index (χ4v) is 3.93. The van der Waals surface area contributed by atoms with Crippen molar-refractivity contribution >= 4 is 45.2 Å². The molecule has 0 bridgehead atoms. The monoisotopic (exact) mass is 397 g/mol. The molecule has 0 spiro atoms. The van der Waals surface area contributed by atoms with Crippen molar-refractivity contribution in [2.45, 2.75) is 17.7 Å². The van der Waals surface area contributed by atoms with Crippen LogP contribution in [-0.2, 0) is 5.75 Å². The van der Waals surface area contributed by atoms with Gasteiger partial charge in [0.05, 0.1) is 34.3 Å². The lowest BCUT2D eigenvalue weighted by Gasteiger charge is -2.08. The zero-order chi connectivity index (χ0) is 19.0. The van der Waals surface area contributed by atoms with Gasteiger partial charge in [0.2, 0.25) is 0 Å². The quantitative estimate of drug-likeness (QED) is 0.504. The van der Waals surface area contributed by atoms with E-state index in [2.05, 4.69) is 16.9 Å². The second-order valence-corrected chi connectivity index (χ2v) is 7.56. The highest BCUT2D eigenvalue weighted by Gasteiger charge is 2.08. The Labute approximate surface area is 164 Å². The number of aromatic amines is 1. The van der Waals surface area contributed by atoms with E-state index in [9.17, 15) is 4.79 Å². The van der Waals surface area contributed by atoms with E-state index in [0.29, 0.717) is 27.5 Å². The van der Waals surface area contributed by atoms with Gasteiger partial charge in [-0.25, -0.2) is 9.97 Å². The Balaban J connectivity index is 1.65. The molecule has 7 heteroatoms. The fraction of sp³-hybridized carbons (Fsp3) is 0.150. The molecule has 0 radical (unpaired) electrons. The number of hydrogen-bond donors (Lipinski definition) is 1. The SMILES string of the molecule is COc1ccc2c(C)cc(SCc3nc4cc(Cl)ccc4c(=O)[nH]3)nc2c1. The number of H-pyrrole nitrogens is 1. The molecule has 0 unspecified atom stereocenters. The van der Waals surface area contributed by atoms with E-state index in [-0.39, 0.29) is 5.56 Å². The number of benzene rings is 2. The van der Waals surface area contributed by atoms with Crippen LogP contribution in [0, 0.1) is 6.92 Å². The van der Waals surface area contributed by atoms with Crippen molar-refractivity contribution in [1.29, 1.82) is 0 Å². The molecule has 0 aliphatic rings. The topological polar surface area (TPSA) is 67.9 Å². The molecule has 136 valence electrons. The number of methoxy groups -OCH3 is 1. The molecule has 0 saturated heterocycles. The van der Waals surface area contributed by atoms with Gasteiger partial charge >= 0.3 is 0 Å². The Morgan fingerprint density at radius 1 is 1.07 bits per heavy atom. The maximum atomic E-state index is 12.2. The largest absolute Gasteiger partial charge is 0.497 e. The lowest BCUT2D eigenvalue weighted by molar-refractivity contribution is 0.415. The Kier molecular flexibility index (Phi) is 4.76. The molecular weight excluding hydrogens is 382 g/mol. The van der Waals surface area contributed by atoms with Crippen molar-refractivity contribution in [3.05, 3.63) is 69.2 Å². The molecule has 0 fully saturated rings. The van der Waals surface area contributed by atoms with E-state index in [1.807, 2.05) is 24.3 Å². The molecule has 4 aromatic rings. The number of hydrogen-bond acceptors (Lipinski definition) is 5. The van der Waals surface area contributed by atoms with Crippen molar-refractivity contribution in [2.75, 3.05) is 7.11 Å². The Bertz CT molecular complexity index is 1220. The molecule has 0 saturated carbocycles. The number of nitrogens with one attached hydrogen (secondary N) is 1. The standard InChI is InChI=1S/C20H16ClN3O2S/c1-11-7-19(23-17-9-13(26-2)4-6-14(11)17)27-10-18-22-16-8-12(21)3-5-15(16)20(25)24-18/h3-9H,10H2,1-2H3,(H,22,24,25). The van der Waals surface area contributed by atoms with Crippen LogP contribution in [0.1, 0.15) is 11.4 Å². The number of nitrogens with zero attached hydrogens (tertiary/aromatic N) is 2. The number of pyridine rings is 1. The molecule has 1 N–H and O–H groups in total. The lowest BCUT2D eigenvalue weighted by atomic mass is 10.1. The molecule has 4 rings (SSSR count). The van der Waals surface area contributed by atoms with Crippen LogP contribution >= 0.6 is 23.4 Å². The van der Waals surface area contributed by atoms with E-state index in [1.54, 1.807) is 25.3 Å². The second kappa shape index (κ2) is 7.21. The number of fused-ring (bicyclic) bond motifs is 2. The molecule has 0 atom stereocenters. The van der Waals surface area contributed by atoms with E-state index >= 15 is 0 Å². The van der Waals surface area contributed by atoms with E-state index < -0.39 is 0 Å². The fourth-order valence-electron chi connectivity index (χ4n) is 2.92. The van der Waals surface area contributed by atoms with E-state index in [1.165, 1.54) is 11.8 Å². The van der Waals surface area contributed by atoms with Gasteiger partial charge in [0.1, 0.15) is 11.6 Å². The molecule has 27 heavy (non-hydrogen) atoms. The number of aromatic nitrogens is 3. The van der Waals surface area contributed by atoms with Crippen molar-refractivity contribution in [2.24, 2.45) is 0 Å². The lowest BCUT2D eigenvalue weighted by Crippen LogP contribution is -2.11. The zero-order valence-electron chi connectivity index (χ0n) is 14.7. The summed E-state index contributed by atoms with van der Waals surface area (Å²) in [6, 6.07) is 13.0. The van der Waals surface area contributed by atoms with Crippen LogP contribution in [0.4, 0.5) is 0 Å². The van der Waals surface area contributed by atoms with Crippen LogP contribution in [0.2, 0.25) is 5.02 Å². The molecular formula is C20H16ClN3O2S. The van der Waals surface area contributed by atoms with Gasteiger partial charge in [-0.3, -0.25) is 4.79 Å².